The fourth-order valence-electron chi connectivity index (χ4n) is 1.35. The van der Waals surface area contributed by atoms with Crippen molar-refractivity contribution in [2.45, 2.75) is 20.3 Å². The number of nitrogens with zero attached hydrogens (tertiary/aromatic N) is 1. The third-order valence-electron chi connectivity index (χ3n) is 2.52. The Morgan fingerprint density at radius 2 is 2.00 bits per heavy atom. The molecule has 0 rings (SSSR count). The SMILES string of the molecule is C\C=C/C=C(\C=C(/C)N(C=O)CCC(=O)NC)C(=O)O. The minimum absolute atomic E-state index is 0.0624. The van der Waals surface area contributed by atoms with Gasteiger partial charge in [-0.3, -0.25) is 9.59 Å². The summed E-state index contributed by atoms with van der Waals surface area (Å²) in [4.78, 5) is 34.5. The maximum Gasteiger partial charge on any atom is 0.335 e. The van der Waals surface area contributed by atoms with Crippen molar-refractivity contribution in [3.05, 3.63) is 35.6 Å². The fraction of sp³-hybridized carbons (Fsp3) is 0.357. The Kier molecular flexibility index (Phi) is 8.41. The van der Waals surface area contributed by atoms with Crippen LogP contribution in [0, 0.1) is 0 Å². The first kappa shape index (κ1) is 17.6. The van der Waals surface area contributed by atoms with E-state index in [1.807, 2.05) is 0 Å². The lowest BCUT2D eigenvalue weighted by Gasteiger charge is -2.17. The quantitative estimate of drug-likeness (QED) is 0.395. The third-order valence-corrected chi connectivity index (χ3v) is 2.52. The van der Waals surface area contributed by atoms with Gasteiger partial charge in [-0.05, 0) is 26.0 Å². The van der Waals surface area contributed by atoms with Gasteiger partial charge in [0.1, 0.15) is 0 Å². The zero-order valence-corrected chi connectivity index (χ0v) is 11.9. The van der Waals surface area contributed by atoms with E-state index in [-0.39, 0.29) is 24.4 Å². The number of carbonyl (C=O) groups excluding carboxylic acids is 2. The standard InChI is InChI=1S/C14H20N2O4/c1-4-5-6-12(14(19)20)9-11(2)16(10-17)8-7-13(18)15-3/h4-6,9-10H,7-8H2,1-3H3,(H,15,18)(H,19,20)/b5-4-,11-9+,12-6+. The summed E-state index contributed by atoms with van der Waals surface area (Å²) in [5.41, 5.74) is 0.523. The Hall–Kier alpha value is -2.37. The van der Waals surface area contributed by atoms with Crippen LogP contribution in [0.25, 0.3) is 0 Å². The van der Waals surface area contributed by atoms with Gasteiger partial charge in [0.25, 0.3) is 0 Å². The van der Waals surface area contributed by atoms with Crippen LogP contribution >= 0.6 is 0 Å². The predicted octanol–water partition coefficient (Wildman–Crippen LogP) is 1.07. The lowest BCUT2D eigenvalue weighted by molar-refractivity contribution is -0.132. The molecule has 20 heavy (non-hydrogen) atoms. The summed E-state index contributed by atoms with van der Waals surface area (Å²) in [6, 6.07) is 0. The normalized spacial score (nSPS) is 12.3. The number of carbonyl (C=O) groups is 3. The summed E-state index contributed by atoms with van der Waals surface area (Å²) in [6.07, 6.45) is 6.86. The number of hydrogen-bond acceptors (Lipinski definition) is 3. The molecule has 2 N–H and O–H groups in total. The van der Waals surface area contributed by atoms with Crippen molar-refractivity contribution in [2.75, 3.05) is 13.6 Å². The van der Waals surface area contributed by atoms with Crippen LogP contribution in [0.1, 0.15) is 20.3 Å². The Morgan fingerprint density at radius 1 is 1.35 bits per heavy atom. The van der Waals surface area contributed by atoms with Crippen LogP contribution in [-0.2, 0) is 14.4 Å². The maximum absolute atomic E-state index is 11.1. The summed E-state index contributed by atoms with van der Waals surface area (Å²) >= 11 is 0. The second-order valence-electron chi connectivity index (χ2n) is 3.96. The molecule has 0 aromatic heterocycles. The first-order valence-corrected chi connectivity index (χ1v) is 6.13. The van der Waals surface area contributed by atoms with E-state index in [9.17, 15) is 14.4 Å². The van der Waals surface area contributed by atoms with Gasteiger partial charge in [0.2, 0.25) is 12.3 Å². The molecule has 0 aromatic carbocycles. The molecule has 110 valence electrons. The zero-order valence-electron chi connectivity index (χ0n) is 11.9. The molecule has 0 aliphatic carbocycles. The van der Waals surface area contributed by atoms with Crippen LogP contribution < -0.4 is 5.32 Å². The van der Waals surface area contributed by atoms with Crippen molar-refractivity contribution in [3.8, 4) is 0 Å². The highest BCUT2D eigenvalue weighted by atomic mass is 16.4. The molecule has 0 unspecified atom stereocenters. The smallest absolute Gasteiger partial charge is 0.335 e. The second kappa shape index (κ2) is 9.55. The van der Waals surface area contributed by atoms with Gasteiger partial charge < -0.3 is 15.3 Å². The number of amides is 2. The summed E-state index contributed by atoms with van der Waals surface area (Å²) in [5, 5.41) is 11.5. The van der Waals surface area contributed by atoms with Crippen LogP contribution in [0.3, 0.4) is 0 Å². The number of hydrogen-bond donors (Lipinski definition) is 2. The van der Waals surface area contributed by atoms with E-state index >= 15 is 0 Å². The summed E-state index contributed by atoms with van der Waals surface area (Å²) in [5.74, 6) is -1.27. The summed E-state index contributed by atoms with van der Waals surface area (Å²) in [7, 11) is 1.51. The molecular weight excluding hydrogens is 260 g/mol. The van der Waals surface area contributed by atoms with Crippen LogP contribution in [0.4, 0.5) is 0 Å². The van der Waals surface area contributed by atoms with Gasteiger partial charge in [-0.15, -0.1) is 0 Å². The molecule has 0 spiro atoms. The van der Waals surface area contributed by atoms with Crippen LogP contribution in [-0.4, -0.2) is 41.9 Å². The van der Waals surface area contributed by atoms with Crippen molar-refractivity contribution >= 4 is 18.3 Å². The van der Waals surface area contributed by atoms with E-state index in [0.717, 1.165) is 0 Å². The fourth-order valence-corrected chi connectivity index (χ4v) is 1.35. The molecule has 0 bridgehead atoms. The minimum Gasteiger partial charge on any atom is -0.478 e. The Labute approximate surface area is 118 Å². The van der Waals surface area contributed by atoms with Crippen molar-refractivity contribution in [3.63, 3.8) is 0 Å². The average Bonchev–Trinajstić information content (AvgIpc) is 2.43. The largest absolute Gasteiger partial charge is 0.478 e. The number of nitrogens with one attached hydrogen (secondary N) is 1. The van der Waals surface area contributed by atoms with Gasteiger partial charge >= 0.3 is 5.97 Å². The van der Waals surface area contributed by atoms with Gasteiger partial charge in [-0.25, -0.2) is 4.79 Å². The molecule has 0 saturated heterocycles. The molecule has 0 aliphatic heterocycles. The monoisotopic (exact) mass is 280 g/mol. The molecule has 0 fully saturated rings. The van der Waals surface area contributed by atoms with Crippen molar-refractivity contribution < 1.29 is 19.5 Å². The topological polar surface area (TPSA) is 86.7 Å². The van der Waals surface area contributed by atoms with Gasteiger partial charge in [0.15, 0.2) is 0 Å². The van der Waals surface area contributed by atoms with Crippen LogP contribution in [0.2, 0.25) is 0 Å². The molecule has 0 aliphatic rings. The lowest BCUT2D eigenvalue weighted by atomic mass is 10.2. The van der Waals surface area contributed by atoms with E-state index in [4.69, 9.17) is 5.11 Å². The third kappa shape index (κ3) is 6.53. The molecule has 6 nitrogen and oxygen atoms in total. The van der Waals surface area contributed by atoms with E-state index < -0.39 is 5.97 Å². The van der Waals surface area contributed by atoms with E-state index in [0.29, 0.717) is 12.1 Å². The zero-order chi connectivity index (χ0) is 15.5. The Balaban J connectivity index is 4.99. The highest BCUT2D eigenvalue weighted by molar-refractivity contribution is 5.90. The molecule has 0 atom stereocenters. The van der Waals surface area contributed by atoms with Gasteiger partial charge in [-0.1, -0.05) is 12.2 Å². The van der Waals surface area contributed by atoms with E-state index in [2.05, 4.69) is 5.32 Å². The number of allylic oxidation sites excluding steroid dienone is 4. The first-order chi connectivity index (χ1) is 9.46. The number of carboxylic acids is 1. The van der Waals surface area contributed by atoms with E-state index in [1.165, 1.54) is 24.1 Å². The molecule has 2 amide bonds. The first-order valence-electron chi connectivity index (χ1n) is 6.13. The summed E-state index contributed by atoms with van der Waals surface area (Å²) in [6.45, 7) is 3.58. The highest BCUT2D eigenvalue weighted by Gasteiger charge is 2.09. The number of carboxylic acid groups (broad SMARTS) is 1. The Morgan fingerprint density at radius 3 is 2.45 bits per heavy atom. The molecule has 0 radical (unpaired) electrons. The van der Waals surface area contributed by atoms with Crippen LogP contribution in [0.5, 0.6) is 0 Å². The number of aliphatic carboxylic acids is 1. The summed E-state index contributed by atoms with van der Waals surface area (Å²) < 4.78 is 0. The maximum atomic E-state index is 11.1. The molecular formula is C14H20N2O4. The molecule has 6 heteroatoms. The Bertz CT molecular complexity index is 450. The van der Waals surface area contributed by atoms with Crippen molar-refractivity contribution in [1.82, 2.24) is 10.2 Å². The average molecular weight is 280 g/mol. The van der Waals surface area contributed by atoms with Gasteiger partial charge in [0.05, 0.1) is 5.57 Å². The van der Waals surface area contributed by atoms with Crippen molar-refractivity contribution in [2.24, 2.45) is 0 Å². The minimum atomic E-state index is -1.08. The number of rotatable bonds is 8. The van der Waals surface area contributed by atoms with Crippen LogP contribution in [0.15, 0.2) is 35.6 Å². The highest BCUT2D eigenvalue weighted by Crippen LogP contribution is 2.08. The molecule has 0 aromatic rings. The molecule has 0 saturated carbocycles. The second-order valence-corrected chi connectivity index (χ2v) is 3.96. The van der Waals surface area contributed by atoms with Gasteiger partial charge in [-0.2, -0.15) is 0 Å². The predicted molar refractivity (Wildman–Crippen MR) is 75.7 cm³/mol. The molecule has 0 heterocycles. The lowest BCUT2D eigenvalue weighted by Crippen LogP contribution is -2.27. The van der Waals surface area contributed by atoms with Crippen molar-refractivity contribution in [1.29, 1.82) is 0 Å². The van der Waals surface area contributed by atoms with E-state index in [1.54, 1.807) is 26.0 Å². The van der Waals surface area contributed by atoms with Gasteiger partial charge in [0, 0.05) is 25.7 Å².